The number of carbonyl (C=O) groups excluding carboxylic acids is 3. The number of benzene rings is 3. The van der Waals surface area contributed by atoms with Gasteiger partial charge in [-0.25, -0.2) is 10.2 Å². The third-order valence-electron chi connectivity index (χ3n) is 4.38. The highest BCUT2D eigenvalue weighted by atomic mass is 35.5. The van der Waals surface area contributed by atoms with Crippen LogP contribution < -0.4 is 20.2 Å². The lowest BCUT2D eigenvalue weighted by atomic mass is 10.1. The summed E-state index contributed by atoms with van der Waals surface area (Å²) in [5, 5.41) is 6.75. The van der Waals surface area contributed by atoms with Crippen LogP contribution in [-0.4, -0.2) is 31.1 Å². The molecule has 0 aliphatic carbocycles. The first kappa shape index (κ1) is 24.8. The van der Waals surface area contributed by atoms with Gasteiger partial charge in [-0.2, -0.15) is 5.10 Å². The molecule has 0 atom stereocenters. The quantitative estimate of drug-likeness (QED) is 0.169. The summed E-state index contributed by atoms with van der Waals surface area (Å²) in [7, 11) is 1.42. The monoisotopic (exact) mass is 499 g/mol. The van der Waals surface area contributed by atoms with Crippen molar-refractivity contribution in [3.63, 3.8) is 0 Å². The smallest absolute Gasteiger partial charge is 0.343 e. The number of hydrogen-bond acceptors (Lipinski definition) is 6. The molecule has 0 aromatic heterocycles. The molecule has 3 aromatic carbocycles. The van der Waals surface area contributed by atoms with Crippen LogP contribution in [-0.2, 0) is 9.59 Å². The molecule has 0 spiro atoms. The van der Waals surface area contributed by atoms with Gasteiger partial charge < -0.3 is 14.8 Å². The molecule has 3 aromatic rings. The Morgan fingerprint density at radius 3 is 2.21 bits per heavy atom. The second-order valence-electron chi connectivity index (χ2n) is 6.98. The van der Waals surface area contributed by atoms with Crippen LogP contribution in [0.2, 0.25) is 10.0 Å². The Morgan fingerprint density at radius 2 is 1.56 bits per heavy atom. The molecular formula is C24H19Cl2N3O5. The lowest BCUT2D eigenvalue weighted by Gasteiger charge is -2.10. The van der Waals surface area contributed by atoms with E-state index in [1.54, 1.807) is 24.3 Å². The Kier molecular flexibility index (Phi) is 8.24. The van der Waals surface area contributed by atoms with E-state index in [0.29, 0.717) is 21.2 Å². The van der Waals surface area contributed by atoms with E-state index in [1.165, 1.54) is 37.6 Å². The van der Waals surface area contributed by atoms with Gasteiger partial charge in [0, 0.05) is 15.7 Å². The van der Waals surface area contributed by atoms with Crippen molar-refractivity contribution >= 4 is 52.9 Å². The van der Waals surface area contributed by atoms with Gasteiger partial charge in [0.05, 0.1) is 18.9 Å². The molecule has 0 unspecified atom stereocenters. The zero-order chi connectivity index (χ0) is 24.7. The zero-order valence-corrected chi connectivity index (χ0v) is 19.6. The topological polar surface area (TPSA) is 106 Å². The third kappa shape index (κ3) is 6.81. The molecule has 0 aliphatic rings. The highest BCUT2D eigenvalue weighted by molar-refractivity contribution is 6.40. The summed E-state index contributed by atoms with van der Waals surface area (Å²) in [5.41, 5.74) is 4.33. The molecule has 2 N–H and O–H groups in total. The summed E-state index contributed by atoms with van der Waals surface area (Å²) in [6.07, 6.45) is 1.30. The van der Waals surface area contributed by atoms with E-state index >= 15 is 0 Å². The van der Waals surface area contributed by atoms with Crippen molar-refractivity contribution in [3.8, 4) is 11.5 Å². The summed E-state index contributed by atoms with van der Waals surface area (Å²) >= 11 is 11.7. The number of hydrazone groups is 1. The molecule has 0 aliphatic heterocycles. The first-order valence-electron chi connectivity index (χ1n) is 9.82. The molecule has 10 heteroatoms. The number of nitrogens with one attached hydrogen (secondary N) is 2. The number of ether oxygens (including phenoxy) is 2. The Balaban J connectivity index is 1.61. The fourth-order valence-electron chi connectivity index (χ4n) is 2.73. The molecule has 174 valence electrons. The Bertz CT molecular complexity index is 1240. The van der Waals surface area contributed by atoms with Crippen LogP contribution in [0.4, 0.5) is 5.69 Å². The first-order chi connectivity index (χ1) is 16.2. The lowest BCUT2D eigenvalue weighted by molar-refractivity contribution is -0.136. The largest absolute Gasteiger partial charge is 0.493 e. The number of halogens is 2. The molecule has 2 amide bonds. The van der Waals surface area contributed by atoms with E-state index in [2.05, 4.69) is 15.8 Å². The van der Waals surface area contributed by atoms with Crippen molar-refractivity contribution in [2.24, 2.45) is 5.10 Å². The van der Waals surface area contributed by atoms with E-state index in [0.717, 1.165) is 5.56 Å². The van der Waals surface area contributed by atoms with Crippen molar-refractivity contribution in [3.05, 3.63) is 87.4 Å². The summed E-state index contributed by atoms with van der Waals surface area (Å²) in [6.45, 7) is 1.92. The van der Waals surface area contributed by atoms with Crippen molar-refractivity contribution in [1.82, 2.24) is 5.43 Å². The van der Waals surface area contributed by atoms with Gasteiger partial charge in [0.1, 0.15) is 0 Å². The normalized spacial score (nSPS) is 10.6. The van der Waals surface area contributed by atoms with Crippen molar-refractivity contribution < 1.29 is 23.9 Å². The van der Waals surface area contributed by atoms with Crippen LogP contribution in [0.5, 0.6) is 11.5 Å². The Labute approximate surface area is 205 Å². The van der Waals surface area contributed by atoms with Gasteiger partial charge in [-0.05, 0) is 61.0 Å². The van der Waals surface area contributed by atoms with Crippen LogP contribution >= 0.6 is 23.2 Å². The number of methoxy groups -OCH3 is 1. The summed E-state index contributed by atoms with van der Waals surface area (Å²) in [5.74, 6) is -1.98. The maximum Gasteiger partial charge on any atom is 0.343 e. The van der Waals surface area contributed by atoms with Crippen LogP contribution in [0.3, 0.4) is 0 Å². The minimum Gasteiger partial charge on any atom is -0.493 e. The Hall–Kier alpha value is -3.88. The van der Waals surface area contributed by atoms with Gasteiger partial charge in [-0.15, -0.1) is 0 Å². The van der Waals surface area contributed by atoms with Crippen LogP contribution in [0.25, 0.3) is 0 Å². The molecular weight excluding hydrogens is 481 g/mol. The van der Waals surface area contributed by atoms with E-state index < -0.39 is 17.8 Å². The average molecular weight is 500 g/mol. The van der Waals surface area contributed by atoms with Crippen molar-refractivity contribution in [2.75, 3.05) is 12.4 Å². The summed E-state index contributed by atoms with van der Waals surface area (Å²) in [4.78, 5) is 36.3. The maximum absolute atomic E-state index is 12.4. The third-order valence-corrected chi connectivity index (χ3v) is 4.82. The van der Waals surface area contributed by atoms with Gasteiger partial charge in [0.15, 0.2) is 11.5 Å². The predicted octanol–water partition coefficient (Wildman–Crippen LogP) is 4.62. The van der Waals surface area contributed by atoms with Gasteiger partial charge in [-0.3, -0.25) is 9.59 Å². The number of anilines is 1. The zero-order valence-electron chi connectivity index (χ0n) is 18.1. The fourth-order valence-corrected chi connectivity index (χ4v) is 3.25. The number of amides is 2. The highest BCUT2D eigenvalue weighted by Gasteiger charge is 2.15. The molecule has 0 bridgehead atoms. The van der Waals surface area contributed by atoms with Gasteiger partial charge >= 0.3 is 17.8 Å². The minimum atomic E-state index is -0.997. The molecule has 8 nitrogen and oxygen atoms in total. The minimum absolute atomic E-state index is 0.217. The van der Waals surface area contributed by atoms with E-state index in [4.69, 9.17) is 32.7 Å². The molecule has 0 fully saturated rings. The molecule has 34 heavy (non-hydrogen) atoms. The highest BCUT2D eigenvalue weighted by Crippen LogP contribution is 2.28. The van der Waals surface area contributed by atoms with Crippen LogP contribution in [0, 0.1) is 6.92 Å². The number of aryl methyl sites for hydroxylation is 1. The van der Waals surface area contributed by atoms with Crippen LogP contribution in [0.15, 0.2) is 65.8 Å². The first-order valence-corrected chi connectivity index (χ1v) is 10.6. The number of rotatable bonds is 6. The fraction of sp³-hybridized carbons (Fsp3) is 0.0833. The van der Waals surface area contributed by atoms with E-state index in [-0.39, 0.29) is 17.2 Å². The Morgan fingerprint density at radius 1 is 0.882 bits per heavy atom. The van der Waals surface area contributed by atoms with Crippen molar-refractivity contribution in [2.45, 2.75) is 6.92 Å². The maximum atomic E-state index is 12.4. The number of carbonyl (C=O) groups is 3. The van der Waals surface area contributed by atoms with Gasteiger partial charge in [-0.1, -0.05) is 40.9 Å². The SMILES string of the molecule is COc1cc(/C=N/NC(=O)C(=O)Nc2cc(Cl)cc(Cl)c2)ccc1OC(=O)c1ccc(C)cc1. The van der Waals surface area contributed by atoms with E-state index in [1.807, 2.05) is 19.1 Å². The van der Waals surface area contributed by atoms with Crippen LogP contribution in [0.1, 0.15) is 21.5 Å². The molecule has 0 radical (unpaired) electrons. The number of nitrogens with zero attached hydrogens (tertiary/aromatic N) is 1. The summed E-state index contributed by atoms with van der Waals surface area (Å²) in [6, 6.07) is 16.0. The number of hydrogen-bond donors (Lipinski definition) is 2. The van der Waals surface area contributed by atoms with E-state index in [9.17, 15) is 14.4 Å². The van der Waals surface area contributed by atoms with Crippen molar-refractivity contribution in [1.29, 1.82) is 0 Å². The second kappa shape index (κ2) is 11.3. The predicted molar refractivity (Wildman–Crippen MR) is 130 cm³/mol. The molecule has 3 rings (SSSR count). The average Bonchev–Trinajstić information content (AvgIpc) is 2.79. The van der Waals surface area contributed by atoms with Gasteiger partial charge in [0.25, 0.3) is 0 Å². The molecule has 0 saturated heterocycles. The lowest BCUT2D eigenvalue weighted by Crippen LogP contribution is -2.32. The molecule has 0 saturated carbocycles. The second-order valence-corrected chi connectivity index (χ2v) is 7.85. The number of esters is 1. The molecule has 0 heterocycles. The summed E-state index contributed by atoms with van der Waals surface area (Å²) < 4.78 is 10.7. The standard InChI is InChI=1S/C24H19Cl2N3O5/c1-14-3-6-16(7-4-14)24(32)34-20-8-5-15(9-21(20)33-2)13-27-29-23(31)22(30)28-19-11-17(25)10-18(26)12-19/h3-13H,1-2H3,(H,28,30)(H,29,31)/b27-13+. The van der Waals surface area contributed by atoms with Gasteiger partial charge in [0.2, 0.25) is 0 Å².